The fraction of sp³-hybridized carbons (Fsp3) is 1.00. The van der Waals surface area contributed by atoms with Crippen LogP contribution in [0.15, 0.2) is 0 Å². The highest BCUT2D eigenvalue weighted by molar-refractivity contribution is 4.82. The zero-order chi connectivity index (χ0) is 10.7. The molecule has 0 spiro atoms. The van der Waals surface area contributed by atoms with E-state index in [4.69, 9.17) is 0 Å². The van der Waals surface area contributed by atoms with Crippen molar-refractivity contribution in [1.29, 1.82) is 0 Å². The minimum Gasteiger partial charge on any atom is -0.314 e. The van der Waals surface area contributed by atoms with Gasteiger partial charge in [0.25, 0.3) is 0 Å². The van der Waals surface area contributed by atoms with E-state index < -0.39 is 0 Å². The largest absolute Gasteiger partial charge is 0.314 e. The molecular formula is C12H25N3. The first-order valence-corrected chi connectivity index (χ1v) is 6.38. The van der Waals surface area contributed by atoms with Crippen molar-refractivity contribution < 1.29 is 0 Å². The topological polar surface area (TPSA) is 18.5 Å². The summed E-state index contributed by atoms with van der Waals surface area (Å²) < 4.78 is 0. The first-order valence-electron chi connectivity index (χ1n) is 6.38. The lowest BCUT2D eigenvalue weighted by Crippen LogP contribution is -2.32. The number of hydrogen-bond donors (Lipinski definition) is 1. The van der Waals surface area contributed by atoms with Crippen molar-refractivity contribution in [3.8, 4) is 0 Å². The molecule has 1 unspecified atom stereocenters. The minimum atomic E-state index is 0.793. The zero-order valence-electron chi connectivity index (χ0n) is 10.2. The molecule has 0 bridgehead atoms. The molecule has 0 amide bonds. The van der Waals surface area contributed by atoms with Crippen LogP contribution in [0.4, 0.5) is 0 Å². The third-order valence-electron chi connectivity index (χ3n) is 3.64. The number of hydrogen-bond acceptors (Lipinski definition) is 3. The maximum atomic E-state index is 3.58. The van der Waals surface area contributed by atoms with Crippen LogP contribution in [0.25, 0.3) is 0 Å². The SMILES string of the molecule is CN(C)C1CCN(CCCNC2CC2)C1. The van der Waals surface area contributed by atoms with Crippen LogP contribution in [0.2, 0.25) is 0 Å². The Morgan fingerprint density at radius 1 is 1.27 bits per heavy atom. The monoisotopic (exact) mass is 211 g/mol. The van der Waals surface area contributed by atoms with Gasteiger partial charge in [-0.2, -0.15) is 0 Å². The second-order valence-electron chi connectivity index (χ2n) is 5.29. The third-order valence-corrected chi connectivity index (χ3v) is 3.64. The van der Waals surface area contributed by atoms with Gasteiger partial charge in [-0.05, 0) is 59.4 Å². The molecule has 1 saturated carbocycles. The van der Waals surface area contributed by atoms with Crippen LogP contribution in [-0.2, 0) is 0 Å². The first kappa shape index (κ1) is 11.4. The lowest BCUT2D eigenvalue weighted by atomic mass is 10.2. The number of rotatable bonds is 6. The summed E-state index contributed by atoms with van der Waals surface area (Å²) in [6, 6.07) is 1.67. The van der Waals surface area contributed by atoms with E-state index in [-0.39, 0.29) is 0 Å². The number of nitrogens with zero attached hydrogens (tertiary/aromatic N) is 2. The molecule has 3 heteroatoms. The fourth-order valence-corrected chi connectivity index (χ4v) is 2.33. The Kier molecular flexibility index (Phi) is 4.00. The van der Waals surface area contributed by atoms with Gasteiger partial charge in [-0.3, -0.25) is 0 Å². The summed E-state index contributed by atoms with van der Waals surface area (Å²) in [7, 11) is 4.39. The standard InChI is InChI=1S/C12H25N3/c1-14(2)12-6-9-15(10-12)8-3-7-13-11-4-5-11/h11-13H,3-10H2,1-2H3. The quantitative estimate of drug-likeness (QED) is 0.655. The fourth-order valence-electron chi connectivity index (χ4n) is 2.33. The van der Waals surface area contributed by atoms with Crippen molar-refractivity contribution in [1.82, 2.24) is 15.1 Å². The predicted molar refractivity (Wildman–Crippen MR) is 64.2 cm³/mol. The van der Waals surface area contributed by atoms with Gasteiger partial charge in [-0.15, -0.1) is 0 Å². The lowest BCUT2D eigenvalue weighted by molar-refractivity contribution is 0.266. The van der Waals surface area contributed by atoms with Crippen LogP contribution in [0.3, 0.4) is 0 Å². The van der Waals surface area contributed by atoms with E-state index in [1.54, 1.807) is 0 Å². The Bertz CT molecular complexity index is 189. The highest BCUT2D eigenvalue weighted by Crippen LogP contribution is 2.18. The molecule has 1 N–H and O–H groups in total. The highest BCUT2D eigenvalue weighted by atomic mass is 15.2. The second-order valence-corrected chi connectivity index (χ2v) is 5.29. The molecule has 0 aromatic carbocycles. The summed E-state index contributed by atoms with van der Waals surface area (Å²) in [4.78, 5) is 4.97. The van der Waals surface area contributed by atoms with Crippen LogP contribution in [0, 0.1) is 0 Å². The van der Waals surface area contributed by atoms with E-state index in [1.165, 1.54) is 51.9 Å². The highest BCUT2D eigenvalue weighted by Gasteiger charge is 2.23. The van der Waals surface area contributed by atoms with Crippen LogP contribution in [0.1, 0.15) is 25.7 Å². The molecule has 1 heterocycles. The molecule has 3 nitrogen and oxygen atoms in total. The van der Waals surface area contributed by atoms with Crippen LogP contribution in [0.5, 0.6) is 0 Å². The number of likely N-dealkylation sites (tertiary alicyclic amines) is 1. The lowest BCUT2D eigenvalue weighted by Gasteiger charge is -2.20. The minimum absolute atomic E-state index is 0.793. The molecule has 88 valence electrons. The van der Waals surface area contributed by atoms with Gasteiger partial charge in [0, 0.05) is 18.6 Å². The van der Waals surface area contributed by atoms with E-state index in [9.17, 15) is 0 Å². The summed E-state index contributed by atoms with van der Waals surface area (Å²) in [5, 5.41) is 3.58. The molecule has 0 aromatic rings. The first-order chi connectivity index (χ1) is 7.25. The van der Waals surface area contributed by atoms with Crippen molar-refractivity contribution in [2.24, 2.45) is 0 Å². The van der Waals surface area contributed by atoms with E-state index in [1.807, 2.05) is 0 Å². The molecule has 1 saturated heterocycles. The second kappa shape index (κ2) is 5.28. The average molecular weight is 211 g/mol. The van der Waals surface area contributed by atoms with E-state index >= 15 is 0 Å². The van der Waals surface area contributed by atoms with Gasteiger partial charge in [-0.1, -0.05) is 0 Å². The molecule has 2 rings (SSSR count). The maximum Gasteiger partial charge on any atom is 0.0229 e. The molecule has 1 aliphatic carbocycles. The molecule has 1 aliphatic heterocycles. The Morgan fingerprint density at radius 2 is 2.07 bits per heavy atom. The summed E-state index contributed by atoms with van der Waals surface area (Å²) in [5.41, 5.74) is 0. The zero-order valence-corrected chi connectivity index (χ0v) is 10.2. The van der Waals surface area contributed by atoms with Gasteiger partial charge < -0.3 is 15.1 Å². The van der Waals surface area contributed by atoms with Crippen LogP contribution in [-0.4, -0.2) is 62.2 Å². The predicted octanol–water partition coefficient (Wildman–Crippen LogP) is 0.764. The van der Waals surface area contributed by atoms with Gasteiger partial charge in [0.2, 0.25) is 0 Å². The Labute approximate surface area is 93.8 Å². The third kappa shape index (κ3) is 3.74. The van der Waals surface area contributed by atoms with Gasteiger partial charge in [0.1, 0.15) is 0 Å². The summed E-state index contributed by atoms with van der Waals surface area (Å²) >= 11 is 0. The number of nitrogens with one attached hydrogen (secondary N) is 1. The van der Waals surface area contributed by atoms with Crippen molar-refractivity contribution in [2.75, 3.05) is 40.3 Å². The van der Waals surface area contributed by atoms with E-state index in [2.05, 4.69) is 29.2 Å². The van der Waals surface area contributed by atoms with Gasteiger partial charge in [-0.25, -0.2) is 0 Å². The summed E-state index contributed by atoms with van der Waals surface area (Å²) in [6.07, 6.45) is 5.48. The van der Waals surface area contributed by atoms with E-state index in [0.29, 0.717) is 0 Å². The number of likely N-dealkylation sites (N-methyl/N-ethyl adjacent to an activating group) is 1. The van der Waals surface area contributed by atoms with Crippen molar-refractivity contribution in [2.45, 2.75) is 37.8 Å². The molecule has 2 aliphatic rings. The van der Waals surface area contributed by atoms with Gasteiger partial charge >= 0.3 is 0 Å². The molecular weight excluding hydrogens is 186 g/mol. The van der Waals surface area contributed by atoms with Crippen LogP contribution < -0.4 is 5.32 Å². The van der Waals surface area contributed by atoms with Gasteiger partial charge in [0.05, 0.1) is 0 Å². The average Bonchev–Trinajstić information content (AvgIpc) is 2.90. The van der Waals surface area contributed by atoms with Crippen molar-refractivity contribution in [3.05, 3.63) is 0 Å². The normalized spacial score (nSPS) is 27.8. The Balaban J connectivity index is 1.52. The van der Waals surface area contributed by atoms with Gasteiger partial charge in [0.15, 0.2) is 0 Å². The molecule has 15 heavy (non-hydrogen) atoms. The smallest absolute Gasteiger partial charge is 0.0229 e. The molecule has 2 fully saturated rings. The Hall–Kier alpha value is -0.120. The Morgan fingerprint density at radius 3 is 2.67 bits per heavy atom. The summed E-state index contributed by atoms with van der Waals surface area (Å²) in [6.45, 7) is 5.07. The molecule has 0 radical (unpaired) electrons. The molecule has 1 atom stereocenters. The molecule has 0 aromatic heterocycles. The maximum absolute atomic E-state index is 3.58. The van der Waals surface area contributed by atoms with E-state index in [0.717, 1.165) is 12.1 Å². The van der Waals surface area contributed by atoms with Crippen molar-refractivity contribution >= 4 is 0 Å². The van der Waals surface area contributed by atoms with Crippen molar-refractivity contribution in [3.63, 3.8) is 0 Å². The van der Waals surface area contributed by atoms with Crippen LogP contribution >= 0.6 is 0 Å². The summed E-state index contributed by atoms with van der Waals surface area (Å²) in [5.74, 6) is 0.